The molecule has 4 heterocycles. The SMILES string of the molecule is CCON=C1CCN(S(C)(=O)=O)c2ccc(-c3cnc(-c4cccnc4)s3)nc21. The maximum Gasteiger partial charge on any atom is 0.232 e. The predicted molar refractivity (Wildman–Crippen MR) is 114 cm³/mol. The van der Waals surface area contributed by atoms with Crippen LogP contribution in [0.5, 0.6) is 0 Å². The molecule has 0 fully saturated rings. The monoisotopic (exact) mass is 429 g/mol. The van der Waals surface area contributed by atoms with Crippen LogP contribution in [0.25, 0.3) is 21.1 Å². The zero-order chi connectivity index (χ0) is 20.4. The molecule has 0 amide bonds. The number of anilines is 1. The van der Waals surface area contributed by atoms with Crippen molar-refractivity contribution in [2.75, 3.05) is 23.7 Å². The first kappa shape index (κ1) is 19.5. The van der Waals surface area contributed by atoms with Gasteiger partial charge in [-0.1, -0.05) is 5.16 Å². The van der Waals surface area contributed by atoms with Crippen LogP contribution in [0.4, 0.5) is 5.69 Å². The highest BCUT2D eigenvalue weighted by Crippen LogP contribution is 2.34. The lowest BCUT2D eigenvalue weighted by atomic mass is 10.1. The number of pyridine rings is 2. The van der Waals surface area contributed by atoms with Crippen LogP contribution in [0.3, 0.4) is 0 Å². The highest BCUT2D eigenvalue weighted by atomic mass is 32.2. The van der Waals surface area contributed by atoms with Crippen LogP contribution in [0, 0.1) is 0 Å². The molecule has 1 aliphatic rings. The van der Waals surface area contributed by atoms with Gasteiger partial charge in [0, 0.05) is 37.1 Å². The first-order valence-electron chi connectivity index (χ1n) is 9.02. The van der Waals surface area contributed by atoms with Crippen LogP contribution in [0.1, 0.15) is 19.0 Å². The van der Waals surface area contributed by atoms with Gasteiger partial charge in [-0.3, -0.25) is 9.29 Å². The van der Waals surface area contributed by atoms with E-state index in [0.717, 1.165) is 15.4 Å². The zero-order valence-corrected chi connectivity index (χ0v) is 17.6. The van der Waals surface area contributed by atoms with Crippen molar-refractivity contribution in [2.45, 2.75) is 13.3 Å². The van der Waals surface area contributed by atoms with Gasteiger partial charge in [-0.25, -0.2) is 18.4 Å². The summed E-state index contributed by atoms with van der Waals surface area (Å²) in [6.07, 6.45) is 6.87. The van der Waals surface area contributed by atoms with Gasteiger partial charge in [0.1, 0.15) is 23.0 Å². The van der Waals surface area contributed by atoms with Gasteiger partial charge in [0.2, 0.25) is 10.0 Å². The fourth-order valence-electron chi connectivity index (χ4n) is 3.04. The van der Waals surface area contributed by atoms with E-state index in [1.165, 1.54) is 21.9 Å². The maximum absolute atomic E-state index is 12.2. The molecule has 1 aliphatic heterocycles. The average molecular weight is 430 g/mol. The van der Waals surface area contributed by atoms with E-state index < -0.39 is 10.0 Å². The number of hydrogen-bond donors (Lipinski definition) is 0. The fourth-order valence-corrected chi connectivity index (χ4v) is 4.84. The molecule has 150 valence electrons. The van der Waals surface area contributed by atoms with E-state index in [0.29, 0.717) is 42.4 Å². The van der Waals surface area contributed by atoms with Crippen LogP contribution >= 0.6 is 11.3 Å². The Morgan fingerprint density at radius 1 is 1.28 bits per heavy atom. The van der Waals surface area contributed by atoms with Gasteiger partial charge in [0.15, 0.2) is 0 Å². The Morgan fingerprint density at radius 3 is 2.86 bits per heavy atom. The third-order valence-electron chi connectivity index (χ3n) is 4.34. The van der Waals surface area contributed by atoms with Crippen molar-refractivity contribution in [3.8, 4) is 21.1 Å². The summed E-state index contributed by atoms with van der Waals surface area (Å²) in [5.41, 5.74) is 3.31. The molecule has 0 saturated carbocycles. The number of oxime groups is 1. The molecule has 0 saturated heterocycles. The van der Waals surface area contributed by atoms with E-state index in [9.17, 15) is 8.42 Å². The van der Waals surface area contributed by atoms with Crippen LogP contribution < -0.4 is 4.31 Å². The van der Waals surface area contributed by atoms with Crippen molar-refractivity contribution >= 4 is 32.8 Å². The number of thiazole rings is 1. The molecule has 0 radical (unpaired) electrons. The molecule has 29 heavy (non-hydrogen) atoms. The van der Waals surface area contributed by atoms with Crippen LogP contribution in [0.15, 0.2) is 48.0 Å². The van der Waals surface area contributed by atoms with Gasteiger partial charge in [-0.2, -0.15) is 0 Å². The maximum atomic E-state index is 12.2. The molecule has 0 bridgehead atoms. The molecular formula is C19H19N5O3S2. The smallest absolute Gasteiger partial charge is 0.232 e. The minimum absolute atomic E-state index is 0.310. The number of nitrogens with zero attached hydrogens (tertiary/aromatic N) is 5. The summed E-state index contributed by atoms with van der Waals surface area (Å²) in [6, 6.07) is 7.39. The van der Waals surface area contributed by atoms with Crippen molar-refractivity contribution in [3.05, 3.63) is 48.5 Å². The minimum atomic E-state index is -3.41. The normalized spacial score (nSPS) is 15.4. The zero-order valence-electron chi connectivity index (χ0n) is 15.9. The molecule has 3 aromatic heterocycles. The molecule has 0 N–H and O–H groups in total. The summed E-state index contributed by atoms with van der Waals surface area (Å²) >= 11 is 1.50. The summed E-state index contributed by atoms with van der Waals surface area (Å²) in [7, 11) is -3.41. The van der Waals surface area contributed by atoms with E-state index in [2.05, 4.69) is 15.1 Å². The van der Waals surface area contributed by atoms with Crippen molar-refractivity contribution in [2.24, 2.45) is 5.16 Å². The fraction of sp³-hybridized carbons (Fsp3) is 0.263. The Morgan fingerprint density at radius 2 is 2.14 bits per heavy atom. The van der Waals surface area contributed by atoms with E-state index in [-0.39, 0.29) is 0 Å². The van der Waals surface area contributed by atoms with E-state index in [1.54, 1.807) is 30.7 Å². The van der Waals surface area contributed by atoms with E-state index >= 15 is 0 Å². The first-order valence-corrected chi connectivity index (χ1v) is 11.7. The molecular weight excluding hydrogens is 410 g/mol. The Kier molecular flexibility index (Phi) is 5.29. The molecule has 0 aliphatic carbocycles. The third kappa shape index (κ3) is 3.99. The van der Waals surface area contributed by atoms with Gasteiger partial charge < -0.3 is 4.84 Å². The van der Waals surface area contributed by atoms with E-state index in [4.69, 9.17) is 9.82 Å². The Bertz CT molecular complexity index is 1160. The lowest BCUT2D eigenvalue weighted by molar-refractivity contribution is 0.158. The van der Waals surface area contributed by atoms with Gasteiger partial charge >= 0.3 is 0 Å². The van der Waals surface area contributed by atoms with Crippen molar-refractivity contribution in [3.63, 3.8) is 0 Å². The molecule has 3 aromatic rings. The van der Waals surface area contributed by atoms with Crippen LogP contribution in [-0.4, -0.2) is 48.5 Å². The Balaban J connectivity index is 1.77. The highest BCUT2D eigenvalue weighted by molar-refractivity contribution is 7.92. The molecule has 0 aromatic carbocycles. The first-order chi connectivity index (χ1) is 14.0. The molecule has 8 nitrogen and oxygen atoms in total. The molecule has 10 heteroatoms. The number of aromatic nitrogens is 3. The second kappa shape index (κ2) is 7.88. The summed E-state index contributed by atoms with van der Waals surface area (Å²) in [6.45, 7) is 2.58. The van der Waals surface area contributed by atoms with Crippen molar-refractivity contribution in [1.29, 1.82) is 0 Å². The lowest BCUT2D eigenvalue weighted by Crippen LogP contribution is -2.37. The topological polar surface area (TPSA) is 97.6 Å². The second-order valence-electron chi connectivity index (χ2n) is 6.38. The van der Waals surface area contributed by atoms with Gasteiger partial charge in [0.25, 0.3) is 0 Å². The summed E-state index contributed by atoms with van der Waals surface area (Å²) < 4.78 is 25.8. The Labute approximate surface area is 173 Å². The minimum Gasteiger partial charge on any atom is -0.396 e. The summed E-state index contributed by atoms with van der Waals surface area (Å²) in [5.74, 6) is 0. The summed E-state index contributed by atoms with van der Waals surface area (Å²) in [4.78, 5) is 19.4. The Hall–Kier alpha value is -2.85. The van der Waals surface area contributed by atoms with Crippen LogP contribution in [0.2, 0.25) is 0 Å². The van der Waals surface area contributed by atoms with Crippen LogP contribution in [-0.2, 0) is 14.9 Å². The van der Waals surface area contributed by atoms with Gasteiger partial charge in [-0.05, 0) is 31.2 Å². The van der Waals surface area contributed by atoms with Crippen molar-refractivity contribution < 1.29 is 13.3 Å². The average Bonchev–Trinajstić information content (AvgIpc) is 3.21. The number of sulfonamides is 1. The van der Waals surface area contributed by atoms with Crippen molar-refractivity contribution in [1.82, 2.24) is 15.0 Å². The van der Waals surface area contributed by atoms with Gasteiger partial charge in [-0.15, -0.1) is 11.3 Å². The number of fused-ring (bicyclic) bond motifs is 1. The quantitative estimate of drug-likeness (QED) is 0.578. The molecule has 0 spiro atoms. The number of hydrogen-bond acceptors (Lipinski definition) is 8. The second-order valence-corrected chi connectivity index (χ2v) is 9.31. The highest BCUT2D eigenvalue weighted by Gasteiger charge is 2.29. The largest absolute Gasteiger partial charge is 0.396 e. The standard InChI is InChI=1S/C19H19N5O3S2/c1-3-27-23-15-8-10-24(29(2,25)26)16-7-6-14(22-18(15)16)17-12-21-19(28-17)13-5-4-9-20-11-13/h4-7,9,11-12H,3,8,10H2,1-2H3. The predicted octanol–water partition coefficient (Wildman–Crippen LogP) is 3.18. The van der Waals surface area contributed by atoms with E-state index in [1.807, 2.05) is 19.1 Å². The third-order valence-corrected chi connectivity index (χ3v) is 6.59. The lowest BCUT2D eigenvalue weighted by Gasteiger charge is -2.29. The molecule has 0 atom stereocenters. The molecule has 0 unspecified atom stereocenters. The number of rotatable bonds is 5. The molecule has 4 rings (SSSR count). The van der Waals surface area contributed by atoms with Gasteiger partial charge in [0.05, 0.1) is 22.5 Å². The summed E-state index contributed by atoms with van der Waals surface area (Å²) in [5, 5.41) is 5.00.